The second kappa shape index (κ2) is 9.78. The number of pyridine rings is 2. The Morgan fingerprint density at radius 1 is 1.24 bits per heavy atom. The summed E-state index contributed by atoms with van der Waals surface area (Å²) in [6.45, 7) is 12.3. The SMILES string of the molecule is Cc1c(-c2[nH]c3ccc(N[C@H]4C[C@@H](C)N(C(=O)CCN(C)C)C4)nc3c2C(C)C)cn2ncnc2c1C. The Labute approximate surface area is 218 Å². The number of carbonyl (C=O) groups excluding carboxylic acids is 1. The summed E-state index contributed by atoms with van der Waals surface area (Å²) >= 11 is 0. The Morgan fingerprint density at radius 3 is 2.76 bits per heavy atom. The minimum Gasteiger partial charge on any atom is -0.365 e. The van der Waals surface area contributed by atoms with E-state index in [0.717, 1.165) is 52.3 Å². The molecule has 5 rings (SSSR count). The number of H-pyrrole nitrogens is 1. The molecule has 2 N–H and O–H groups in total. The molecule has 5 heterocycles. The van der Waals surface area contributed by atoms with Crippen molar-refractivity contribution in [3.8, 4) is 11.3 Å². The number of fused-ring (bicyclic) bond motifs is 2. The molecular formula is C28H38N8O. The third-order valence-electron chi connectivity index (χ3n) is 7.67. The molecular weight excluding hydrogens is 464 g/mol. The molecule has 0 bridgehead atoms. The molecule has 0 aliphatic carbocycles. The molecule has 2 atom stereocenters. The fourth-order valence-corrected chi connectivity index (χ4v) is 5.55. The average Bonchev–Trinajstić information content (AvgIpc) is 3.56. The van der Waals surface area contributed by atoms with Gasteiger partial charge in [0.25, 0.3) is 0 Å². The lowest BCUT2D eigenvalue weighted by atomic mass is 9.95. The highest BCUT2D eigenvalue weighted by atomic mass is 16.2. The van der Waals surface area contributed by atoms with Crippen molar-refractivity contribution in [1.29, 1.82) is 0 Å². The molecule has 9 heteroatoms. The van der Waals surface area contributed by atoms with Crippen LogP contribution in [0.2, 0.25) is 0 Å². The van der Waals surface area contributed by atoms with Gasteiger partial charge < -0.3 is 20.1 Å². The van der Waals surface area contributed by atoms with E-state index in [-0.39, 0.29) is 23.9 Å². The topological polar surface area (TPSA) is 94.5 Å². The zero-order chi connectivity index (χ0) is 26.4. The van der Waals surface area contributed by atoms with Crippen molar-refractivity contribution in [2.45, 2.75) is 65.5 Å². The van der Waals surface area contributed by atoms with Crippen LogP contribution in [0.25, 0.3) is 27.9 Å². The molecule has 0 radical (unpaired) electrons. The fourth-order valence-electron chi connectivity index (χ4n) is 5.55. The fraction of sp³-hybridized carbons (Fsp3) is 0.500. The number of amides is 1. The maximum absolute atomic E-state index is 12.7. The summed E-state index contributed by atoms with van der Waals surface area (Å²) in [6, 6.07) is 4.55. The summed E-state index contributed by atoms with van der Waals surface area (Å²) in [5, 5.41) is 8.00. The number of carbonyl (C=O) groups is 1. The van der Waals surface area contributed by atoms with Gasteiger partial charge in [0.2, 0.25) is 5.91 Å². The maximum atomic E-state index is 12.7. The van der Waals surface area contributed by atoms with Crippen LogP contribution < -0.4 is 5.32 Å². The van der Waals surface area contributed by atoms with Crippen LogP contribution in [0.5, 0.6) is 0 Å². The van der Waals surface area contributed by atoms with Crippen LogP contribution in [-0.4, -0.2) is 79.5 Å². The van der Waals surface area contributed by atoms with Crippen molar-refractivity contribution in [3.05, 3.63) is 41.3 Å². The highest BCUT2D eigenvalue weighted by Gasteiger charge is 2.32. The third-order valence-corrected chi connectivity index (χ3v) is 7.67. The Hall–Kier alpha value is -3.46. The average molecular weight is 503 g/mol. The maximum Gasteiger partial charge on any atom is 0.224 e. The lowest BCUT2D eigenvalue weighted by Crippen LogP contribution is -2.36. The normalized spacial score (nSPS) is 18.1. The van der Waals surface area contributed by atoms with Gasteiger partial charge >= 0.3 is 0 Å². The molecule has 0 aromatic carbocycles. The predicted molar refractivity (Wildman–Crippen MR) is 148 cm³/mol. The summed E-state index contributed by atoms with van der Waals surface area (Å²) in [4.78, 5) is 30.0. The van der Waals surface area contributed by atoms with Crippen LogP contribution in [0, 0.1) is 13.8 Å². The molecule has 4 aromatic rings. The molecule has 4 aromatic heterocycles. The zero-order valence-corrected chi connectivity index (χ0v) is 23.0. The summed E-state index contributed by atoms with van der Waals surface area (Å²) in [5.74, 6) is 1.34. The highest BCUT2D eigenvalue weighted by Crippen LogP contribution is 2.37. The first kappa shape index (κ1) is 25.2. The van der Waals surface area contributed by atoms with Crippen molar-refractivity contribution in [3.63, 3.8) is 0 Å². The van der Waals surface area contributed by atoms with Crippen molar-refractivity contribution in [1.82, 2.24) is 34.4 Å². The third kappa shape index (κ3) is 4.68. The Bertz CT molecular complexity index is 1450. The first-order valence-electron chi connectivity index (χ1n) is 13.2. The van der Waals surface area contributed by atoms with E-state index in [2.05, 4.69) is 72.2 Å². The molecule has 0 spiro atoms. The number of rotatable bonds is 7. The minimum absolute atomic E-state index is 0.184. The summed E-state index contributed by atoms with van der Waals surface area (Å²) in [5.41, 5.74) is 8.58. The number of aromatic amines is 1. The Kier molecular flexibility index (Phi) is 6.66. The standard InChI is InChI=1S/C28H38N8O/c1-16(2)25-26(21-14-36-28(29-15-30-36)19(5)18(21)4)32-22-8-9-23(33-27(22)25)31-20-12-17(3)35(13-20)24(37)10-11-34(6)7/h8-9,14-17,20,32H,10-13H2,1-7H3,(H,31,33)/t17-,20+/m1/s1. The molecule has 1 aliphatic rings. The van der Waals surface area contributed by atoms with Crippen LogP contribution >= 0.6 is 0 Å². The Balaban J connectivity index is 1.44. The first-order chi connectivity index (χ1) is 17.6. The van der Waals surface area contributed by atoms with E-state index in [1.165, 1.54) is 11.1 Å². The van der Waals surface area contributed by atoms with E-state index in [0.29, 0.717) is 13.0 Å². The van der Waals surface area contributed by atoms with Gasteiger partial charge in [-0.05, 0) is 70.5 Å². The summed E-state index contributed by atoms with van der Waals surface area (Å²) in [7, 11) is 4.00. The van der Waals surface area contributed by atoms with Gasteiger partial charge in [0.05, 0.1) is 16.7 Å². The number of anilines is 1. The summed E-state index contributed by atoms with van der Waals surface area (Å²) < 4.78 is 1.85. The van der Waals surface area contributed by atoms with Crippen molar-refractivity contribution in [2.75, 3.05) is 32.5 Å². The zero-order valence-electron chi connectivity index (χ0n) is 23.0. The highest BCUT2D eigenvalue weighted by molar-refractivity contribution is 5.90. The molecule has 0 saturated carbocycles. The minimum atomic E-state index is 0.184. The predicted octanol–water partition coefficient (Wildman–Crippen LogP) is 4.37. The van der Waals surface area contributed by atoms with E-state index < -0.39 is 0 Å². The van der Waals surface area contributed by atoms with Gasteiger partial charge in [-0.15, -0.1) is 0 Å². The van der Waals surface area contributed by atoms with E-state index >= 15 is 0 Å². The van der Waals surface area contributed by atoms with Crippen molar-refractivity contribution in [2.24, 2.45) is 0 Å². The number of hydrogen-bond acceptors (Lipinski definition) is 6. The van der Waals surface area contributed by atoms with Gasteiger partial charge in [-0.3, -0.25) is 4.79 Å². The van der Waals surface area contributed by atoms with E-state index in [9.17, 15) is 4.79 Å². The van der Waals surface area contributed by atoms with Gasteiger partial charge in [0.15, 0.2) is 5.65 Å². The molecule has 37 heavy (non-hydrogen) atoms. The van der Waals surface area contributed by atoms with Gasteiger partial charge in [-0.2, -0.15) is 5.10 Å². The number of nitrogens with one attached hydrogen (secondary N) is 2. The number of aromatic nitrogens is 5. The number of hydrogen-bond donors (Lipinski definition) is 2. The second-order valence-electron chi connectivity index (χ2n) is 11.0. The number of aryl methyl sites for hydroxylation is 1. The smallest absolute Gasteiger partial charge is 0.224 e. The quantitative estimate of drug-likeness (QED) is 0.390. The molecule has 0 unspecified atom stereocenters. The lowest BCUT2D eigenvalue weighted by molar-refractivity contribution is -0.131. The monoisotopic (exact) mass is 502 g/mol. The van der Waals surface area contributed by atoms with Crippen LogP contribution in [0.3, 0.4) is 0 Å². The molecule has 9 nitrogen and oxygen atoms in total. The van der Waals surface area contributed by atoms with Crippen molar-refractivity contribution < 1.29 is 4.79 Å². The van der Waals surface area contributed by atoms with Crippen LogP contribution in [-0.2, 0) is 4.79 Å². The van der Waals surface area contributed by atoms with Gasteiger partial charge in [0, 0.05) is 48.9 Å². The van der Waals surface area contributed by atoms with Crippen molar-refractivity contribution >= 4 is 28.4 Å². The molecule has 1 saturated heterocycles. The van der Waals surface area contributed by atoms with E-state index in [4.69, 9.17) is 4.98 Å². The van der Waals surface area contributed by atoms with Crippen LogP contribution in [0.15, 0.2) is 24.7 Å². The number of nitrogens with zero attached hydrogens (tertiary/aromatic N) is 6. The largest absolute Gasteiger partial charge is 0.365 e. The number of likely N-dealkylation sites (tertiary alicyclic amines) is 1. The van der Waals surface area contributed by atoms with Gasteiger partial charge in [-0.25, -0.2) is 14.5 Å². The van der Waals surface area contributed by atoms with E-state index in [1.54, 1.807) is 6.33 Å². The molecule has 196 valence electrons. The van der Waals surface area contributed by atoms with Gasteiger partial charge in [-0.1, -0.05) is 13.8 Å². The molecule has 1 aliphatic heterocycles. The summed E-state index contributed by atoms with van der Waals surface area (Å²) in [6.07, 6.45) is 5.12. The van der Waals surface area contributed by atoms with Crippen LogP contribution in [0.4, 0.5) is 5.82 Å². The van der Waals surface area contributed by atoms with Gasteiger partial charge in [0.1, 0.15) is 12.1 Å². The van der Waals surface area contributed by atoms with E-state index in [1.807, 2.05) is 29.6 Å². The first-order valence-corrected chi connectivity index (χ1v) is 13.2. The lowest BCUT2D eigenvalue weighted by Gasteiger charge is -2.22. The second-order valence-corrected chi connectivity index (χ2v) is 11.0. The Morgan fingerprint density at radius 2 is 2.03 bits per heavy atom. The molecule has 1 amide bonds. The molecule has 1 fully saturated rings. The van der Waals surface area contributed by atoms with Crippen LogP contribution in [0.1, 0.15) is 56.2 Å².